The summed E-state index contributed by atoms with van der Waals surface area (Å²) in [6.07, 6.45) is 0. The van der Waals surface area contributed by atoms with Crippen molar-refractivity contribution in [1.82, 2.24) is 13.7 Å². The lowest BCUT2D eigenvalue weighted by atomic mass is 9.37. The molecule has 3 nitrogen and oxygen atoms in total. The molecule has 0 N–H and O–H groups in total. The third-order valence-corrected chi connectivity index (χ3v) is 20.4. The number of hydrogen-bond acceptors (Lipinski definition) is 3. The van der Waals surface area contributed by atoms with Gasteiger partial charge in [0, 0.05) is 110 Å². The van der Waals surface area contributed by atoms with Gasteiger partial charge in [0.15, 0.2) is 0 Å². The normalized spacial score (nSPS) is 12.3. The topological polar surface area (TPSA) is 14.8 Å². The summed E-state index contributed by atoms with van der Waals surface area (Å²) in [5.41, 5.74) is 14.5. The molecule has 366 valence electrons. The van der Waals surface area contributed by atoms with Crippen molar-refractivity contribution in [2.45, 2.75) is 0 Å². The second-order valence-corrected chi connectivity index (χ2v) is 24.3. The first-order valence-electron chi connectivity index (χ1n) is 27.0. The SMILES string of the molecule is c1ccc2c(c1)sc1ccc3c(c4ccccc4n3-c3ccc(B(c4ccc(-n5c6ccccc6c6c7c(ccc65)sc5ccccc57)cc4)c4ccc(-n5c6ccccc6c6c7c(ccc65)sc5ccccc57)cc4)cc3)c12. The minimum atomic E-state index is -0.0445. The Morgan fingerprint density at radius 2 is 0.468 bits per heavy atom. The van der Waals surface area contributed by atoms with Crippen molar-refractivity contribution >= 4 is 183 Å². The van der Waals surface area contributed by atoms with Gasteiger partial charge in [0.25, 0.3) is 0 Å². The summed E-state index contributed by atoms with van der Waals surface area (Å²) in [6, 6.07) is 95.6. The van der Waals surface area contributed by atoms with Crippen LogP contribution in [0.1, 0.15) is 0 Å². The number of hydrogen-bond donors (Lipinski definition) is 0. The first-order valence-corrected chi connectivity index (χ1v) is 29.5. The number of nitrogens with zero attached hydrogens (tertiary/aromatic N) is 3. The quantitative estimate of drug-likeness (QED) is 0.147. The molecule has 0 unspecified atom stereocenters. The van der Waals surface area contributed by atoms with Crippen LogP contribution >= 0.6 is 34.0 Å². The molecule has 18 rings (SSSR count). The predicted octanol–water partition coefficient (Wildman–Crippen LogP) is 18.6. The molecule has 12 aromatic carbocycles. The van der Waals surface area contributed by atoms with E-state index >= 15 is 0 Å². The van der Waals surface area contributed by atoms with E-state index in [0.717, 1.165) is 17.1 Å². The third kappa shape index (κ3) is 6.23. The monoisotopic (exact) mass is 1060 g/mol. The highest BCUT2D eigenvalue weighted by molar-refractivity contribution is 7.27. The van der Waals surface area contributed by atoms with Crippen molar-refractivity contribution in [2.24, 2.45) is 0 Å². The standard InChI is InChI=1S/C72H42BN3S3/c1-7-19-55-49(13-1)67-58(37-40-64-70(67)52-16-4-10-22-61(52)77-64)74(55)46-31-25-43(26-32-46)73(44-27-33-47(34-28-44)75-56-20-8-2-14-50(56)68-59(75)38-41-65-71(68)53-17-5-11-23-62(53)78-65)45-29-35-48(36-30-45)76-57-21-9-3-15-51(57)69-60(76)39-42-66-72(69)54-18-6-12-24-63(54)79-66/h1-42H. The van der Waals surface area contributed by atoms with E-state index in [-0.39, 0.29) is 6.71 Å². The van der Waals surface area contributed by atoms with Crippen LogP contribution < -0.4 is 16.4 Å². The Hall–Kier alpha value is -9.24. The molecule has 0 spiro atoms. The smallest absolute Gasteiger partial charge is 0.241 e. The minimum absolute atomic E-state index is 0.0445. The van der Waals surface area contributed by atoms with E-state index in [0.29, 0.717) is 0 Å². The zero-order chi connectivity index (χ0) is 51.4. The molecule has 0 bridgehead atoms. The molecule has 7 heteroatoms. The lowest BCUT2D eigenvalue weighted by molar-refractivity contribution is 1.18. The van der Waals surface area contributed by atoms with Gasteiger partial charge in [-0.25, -0.2) is 0 Å². The maximum absolute atomic E-state index is 2.47. The summed E-state index contributed by atoms with van der Waals surface area (Å²) in [6.45, 7) is -0.0445. The molecule has 0 saturated carbocycles. The average Bonchev–Trinajstić information content (AvgIpc) is 4.30. The van der Waals surface area contributed by atoms with Crippen LogP contribution in [0.3, 0.4) is 0 Å². The Balaban J connectivity index is 0.804. The molecule has 6 heterocycles. The second-order valence-electron chi connectivity index (χ2n) is 21.1. The molecular formula is C72H42BN3S3. The molecule has 0 fully saturated rings. The second kappa shape index (κ2) is 16.6. The van der Waals surface area contributed by atoms with E-state index < -0.39 is 0 Å². The molecule has 0 saturated heterocycles. The summed E-state index contributed by atoms with van der Waals surface area (Å²) in [5.74, 6) is 0. The first-order chi connectivity index (χ1) is 39.2. The predicted molar refractivity (Wildman–Crippen MR) is 346 cm³/mol. The van der Waals surface area contributed by atoms with Crippen LogP contribution in [0.25, 0.3) is 143 Å². The van der Waals surface area contributed by atoms with Crippen molar-refractivity contribution in [3.63, 3.8) is 0 Å². The molecule has 0 amide bonds. The number of aromatic nitrogens is 3. The maximum Gasteiger partial charge on any atom is 0.241 e. The van der Waals surface area contributed by atoms with Crippen LogP contribution in [0.5, 0.6) is 0 Å². The Morgan fingerprint density at radius 1 is 0.203 bits per heavy atom. The molecule has 0 aliphatic heterocycles. The number of thiophene rings is 3. The summed E-state index contributed by atoms with van der Waals surface area (Å²) in [4.78, 5) is 0. The Labute approximate surface area is 465 Å². The number of benzene rings is 12. The molecule has 0 radical (unpaired) electrons. The fraction of sp³-hybridized carbons (Fsp3) is 0. The summed E-state index contributed by atoms with van der Waals surface area (Å²) >= 11 is 5.65. The van der Waals surface area contributed by atoms with Gasteiger partial charge < -0.3 is 13.7 Å². The van der Waals surface area contributed by atoms with E-state index in [1.165, 1.54) is 142 Å². The van der Waals surface area contributed by atoms with Crippen LogP contribution in [0, 0.1) is 0 Å². The fourth-order valence-electron chi connectivity index (χ4n) is 13.7. The summed E-state index contributed by atoms with van der Waals surface area (Å²) < 4.78 is 15.3. The highest BCUT2D eigenvalue weighted by Crippen LogP contribution is 2.46. The fourth-order valence-corrected chi connectivity index (χ4v) is 17.0. The Kier molecular flexibility index (Phi) is 9.23. The van der Waals surface area contributed by atoms with Crippen molar-refractivity contribution in [3.8, 4) is 17.1 Å². The zero-order valence-corrected chi connectivity index (χ0v) is 44.8. The number of para-hydroxylation sites is 3. The van der Waals surface area contributed by atoms with Crippen LogP contribution in [-0.2, 0) is 0 Å². The van der Waals surface area contributed by atoms with Crippen LogP contribution in [0.2, 0.25) is 0 Å². The molecule has 18 aromatic rings. The minimum Gasteiger partial charge on any atom is -0.309 e. The van der Waals surface area contributed by atoms with Crippen molar-refractivity contribution < 1.29 is 0 Å². The first kappa shape index (κ1) is 43.8. The lowest BCUT2D eigenvalue weighted by Gasteiger charge is -2.18. The Bertz CT molecular complexity index is 5000. The van der Waals surface area contributed by atoms with Crippen LogP contribution in [0.4, 0.5) is 0 Å². The molecular weight excluding hydrogens is 1010 g/mol. The molecule has 79 heavy (non-hydrogen) atoms. The third-order valence-electron chi connectivity index (χ3n) is 17.0. The van der Waals surface area contributed by atoms with Gasteiger partial charge in [0.05, 0.1) is 33.1 Å². The van der Waals surface area contributed by atoms with Gasteiger partial charge in [-0.15, -0.1) is 34.0 Å². The zero-order valence-electron chi connectivity index (χ0n) is 42.4. The summed E-state index contributed by atoms with van der Waals surface area (Å²) in [5, 5.41) is 15.8. The van der Waals surface area contributed by atoms with Crippen molar-refractivity contribution in [1.29, 1.82) is 0 Å². The molecule has 0 aliphatic rings. The van der Waals surface area contributed by atoms with E-state index in [1.807, 2.05) is 34.0 Å². The van der Waals surface area contributed by atoms with Crippen molar-refractivity contribution in [2.75, 3.05) is 0 Å². The van der Waals surface area contributed by atoms with Crippen molar-refractivity contribution in [3.05, 3.63) is 255 Å². The van der Waals surface area contributed by atoms with Gasteiger partial charge in [0.1, 0.15) is 0 Å². The van der Waals surface area contributed by atoms with Gasteiger partial charge in [-0.1, -0.05) is 162 Å². The van der Waals surface area contributed by atoms with Gasteiger partial charge in [-0.3, -0.25) is 0 Å². The van der Waals surface area contributed by atoms with E-state index in [1.54, 1.807) is 0 Å². The molecule has 6 aromatic heterocycles. The van der Waals surface area contributed by atoms with Gasteiger partial charge in [0.2, 0.25) is 6.71 Å². The Morgan fingerprint density at radius 3 is 0.772 bits per heavy atom. The van der Waals surface area contributed by atoms with Gasteiger partial charge in [-0.05, 0) is 109 Å². The van der Waals surface area contributed by atoms with Gasteiger partial charge in [-0.2, -0.15) is 0 Å². The lowest BCUT2D eigenvalue weighted by Crippen LogP contribution is -2.52. The molecule has 0 aliphatic carbocycles. The summed E-state index contributed by atoms with van der Waals surface area (Å²) in [7, 11) is 0. The number of rotatable bonds is 6. The van der Waals surface area contributed by atoms with Crippen LogP contribution in [0.15, 0.2) is 255 Å². The average molecular weight is 1060 g/mol. The van der Waals surface area contributed by atoms with Gasteiger partial charge >= 0.3 is 0 Å². The van der Waals surface area contributed by atoms with E-state index in [9.17, 15) is 0 Å². The largest absolute Gasteiger partial charge is 0.309 e. The number of fused-ring (bicyclic) bond motifs is 21. The van der Waals surface area contributed by atoms with E-state index in [4.69, 9.17) is 0 Å². The molecule has 0 atom stereocenters. The highest BCUT2D eigenvalue weighted by Gasteiger charge is 2.26. The highest BCUT2D eigenvalue weighted by atomic mass is 32.1. The maximum atomic E-state index is 2.47. The van der Waals surface area contributed by atoms with E-state index in [2.05, 4.69) is 268 Å². The van der Waals surface area contributed by atoms with Crippen LogP contribution in [-0.4, -0.2) is 20.4 Å².